The molecule has 0 atom stereocenters. The van der Waals surface area contributed by atoms with Crippen LogP contribution in [0.4, 0.5) is 0 Å². The van der Waals surface area contributed by atoms with Gasteiger partial charge in [0.25, 0.3) is 0 Å². The summed E-state index contributed by atoms with van der Waals surface area (Å²) in [4.78, 5) is 10.5. The molecular weight excluding hydrogens is 192 g/mol. The van der Waals surface area contributed by atoms with Crippen LogP contribution in [0.2, 0.25) is 0 Å². The van der Waals surface area contributed by atoms with E-state index in [1.54, 1.807) is 6.08 Å². The molecule has 0 N–H and O–H groups in total. The first-order valence-electron chi connectivity index (χ1n) is 5.22. The number of hydrogen-bond donors (Lipinski definition) is 0. The Labute approximate surface area is 93.1 Å². The van der Waals surface area contributed by atoms with Crippen molar-refractivity contribution in [3.63, 3.8) is 0 Å². The molecule has 0 bridgehead atoms. The van der Waals surface area contributed by atoms with E-state index in [-0.39, 0.29) is 18.0 Å². The minimum absolute atomic E-state index is 0.0139. The van der Waals surface area contributed by atoms with Crippen LogP contribution in [0.25, 0.3) is 0 Å². The second kappa shape index (κ2) is 9.71. The van der Waals surface area contributed by atoms with E-state index in [9.17, 15) is 9.90 Å². The molecule has 0 amide bonds. The lowest BCUT2D eigenvalue weighted by atomic mass is 9.99. The predicted octanol–water partition coefficient (Wildman–Crippen LogP) is 2.98. The fourth-order valence-corrected chi connectivity index (χ4v) is 0.428. The molecule has 0 aromatic heterocycles. The Morgan fingerprint density at radius 3 is 2.13 bits per heavy atom. The molecule has 0 aromatic carbocycles. The van der Waals surface area contributed by atoms with Crippen molar-refractivity contribution in [2.24, 2.45) is 5.41 Å². The van der Waals surface area contributed by atoms with Gasteiger partial charge in [0.05, 0.1) is 6.61 Å². The Hall–Kier alpha value is -0.830. The van der Waals surface area contributed by atoms with Crippen LogP contribution in [-0.2, 0) is 14.6 Å². The maximum absolute atomic E-state index is 10.5. The van der Waals surface area contributed by atoms with Crippen molar-refractivity contribution in [3.05, 3.63) is 12.7 Å². The van der Waals surface area contributed by atoms with Crippen LogP contribution < -0.4 is 0 Å². The molecule has 15 heavy (non-hydrogen) atoms. The van der Waals surface area contributed by atoms with Crippen LogP contribution >= 0.6 is 0 Å². The summed E-state index contributed by atoms with van der Waals surface area (Å²) < 4.78 is 4.67. The molecule has 0 aliphatic carbocycles. The highest BCUT2D eigenvalue weighted by Gasteiger charge is 2.06. The van der Waals surface area contributed by atoms with E-state index in [0.29, 0.717) is 13.0 Å². The molecular formula is C12H23O3. The lowest BCUT2D eigenvalue weighted by Crippen LogP contribution is -2.08. The van der Waals surface area contributed by atoms with Crippen molar-refractivity contribution in [2.75, 3.05) is 13.2 Å². The van der Waals surface area contributed by atoms with E-state index in [4.69, 9.17) is 0 Å². The Morgan fingerprint density at radius 2 is 1.87 bits per heavy atom. The fourth-order valence-electron chi connectivity index (χ4n) is 0.428. The number of carbonyl (C=O) groups excluding carboxylic acids is 1. The summed E-state index contributed by atoms with van der Waals surface area (Å²) in [5.41, 5.74) is -0.0139. The number of esters is 1. The molecule has 89 valence electrons. The maximum atomic E-state index is 10.5. The maximum Gasteiger partial charge on any atom is 0.306 e. The summed E-state index contributed by atoms with van der Waals surface area (Å²) >= 11 is 0. The fraction of sp³-hybridized carbons (Fsp3) is 0.750. The first-order chi connectivity index (χ1) is 6.87. The molecule has 0 heterocycles. The largest absolute Gasteiger partial charge is 0.461 e. The molecule has 3 heteroatoms. The van der Waals surface area contributed by atoms with Crippen LogP contribution in [0, 0.1) is 5.41 Å². The Bertz CT molecular complexity index is 168. The monoisotopic (exact) mass is 215 g/mol. The van der Waals surface area contributed by atoms with Gasteiger partial charge in [-0.15, -0.1) is 0 Å². The van der Waals surface area contributed by atoms with Gasteiger partial charge in [-0.3, -0.25) is 4.79 Å². The van der Waals surface area contributed by atoms with Gasteiger partial charge in [-0.1, -0.05) is 40.3 Å². The summed E-state index contributed by atoms with van der Waals surface area (Å²) in [6.07, 6.45) is 2.91. The van der Waals surface area contributed by atoms with Gasteiger partial charge in [-0.25, -0.2) is 5.11 Å². The molecule has 0 aliphatic rings. The SMILES string of the molecule is C=CCOC(=O)CCC.CC(C)(C)C[O]. The molecule has 0 aliphatic heterocycles. The molecule has 0 spiro atoms. The zero-order valence-electron chi connectivity index (χ0n) is 10.3. The third-order valence-corrected chi connectivity index (χ3v) is 1.25. The van der Waals surface area contributed by atoms with Gasteiger partial charge in [-0.05, 0) is 11.8 Å². The first kappa shape index (κ1) is 16.6. The van der Waals surface area contributed by atoms with Crippen LogP contribution in [0.15, 0.2) is 12.7 Å². The van der Waals surface area contributed by atoms with Gasteiger partial charge in [0.15, 0.2) is 0 Å². The number of carbonyl (C=O) groups is 1. The van der Waals surface area contributed by atoms with Crippen LogP contribution in [0.3, 0.4) is 0 Å². The average Bonchev–Trinajstić information content (AvgIpc) is 2.15. The minimum Gasteiger partial charge on any atom is -0.461 e. The zero-order valence-corrected chi connectivity index (χ0v) is 10.3. The second-order valence-electron chi connectivity index (χ2n) is 4.43. The van der Waals surface area contributed by atoms with Crippen molar-refractivity contribution in [1.29, 1.82) is 0 Å². The lowest BCUT2D eigenvalue weighted by molar-refractivity contribution is -0.142. The highest BCUT2D eigenvalue weighted by Crippen LogP contribution is 2.09. The summed E-state index contributed by atoms with van der Waals surface area (Å²) in [7, 11) is 0. The summed E-state index contributed by atoms with van der Waals surface area (Å²) in [6, 6.07) is 0. The molecule has 0 rings (SSSR count). The van der Waals surface area contributed by atoms with Crippen molar-refractivity contribution in [1.82, 2.24) is 0 Å². The van der Waals surface area contributed by atoms with Crippen molar-refractivity contribution >= 4 is 5.97 Å². The van der Waals surface area contributed by atoms with Crippen molar-refractivity contribution in [2.45, 2.75) is 40.5 Å². The van der Waals surface area contributed by atoms with Gasteiger partial charge >= 0.3 is 5.97 Å². The Kier molecular flexibility index (Phi) is 10.7. The van der Waals surface area contributed by atoms with Crippen LogP contribution in [0.1, 0.15) is 40.5 Å². The topological polar surface area (TPSA) is 46.2 Å². The van der Waals surface area contributed by atoms with E-state index in [0.717, 1.165) is 6.42 Å². The number of rotatable bonds is 4. The van der Waals surface area contributed by atoms with Crippen LogP contribution in [-0.4, -0.2) is 19.2 Å². The molecule has 0 aromatic rings. The summed E-state index contributed by atoms with van der Waals surface area (Å²) in [5.74, 6) is -0.141. The van der Waals surface area contributed by atoms with Crippen molar-refractivity contribution in [3.8, 4) is 0 Å². The van der Waals surface area contributed by atoms with Crippen molar-refractivity contribution < 1.29 is 14.6 Å². The van der Waals surface area contributed by atoms with Gasteiger partial charge < -0.3 is 4.74 Å². The van der Waals surface area contributed by atoms with Gasteiger partial charge in [0, 0.05) is 6.42 Å². The first-order valence-corrected chi connectivity index (χ1v) is 5.22. The normalized spacial score (nSPS) is 9.93. The third-order valence-electron chi connectivity index (χ3n) is 1.25. The predicted molar refractivity (Wildman–Crippen MR) is 61.1 cm³/mol. The third kappa shape index (κ3) is 19.5. The minimum atomic E-state index is -0.141. The highest BCUT2D eigenvalue weighted by atomic mass is 16.5. The summed E-state index contributed by atoms with van der Waals surface area (Å²) in [5, 5.41) is 9.95. The smallest absolute Gasteiger partial charge is 0.306 e. The quantitative estimate of drug-likeness (QED) is 0.534. The molecule has 0 unspecified atom stereocenters. The Morgan fingerprint density at radius 1 is 1.40 bits per heavy atom. The van der Waals surface area contributed by atoms with E-state index in [1.807, 2.05) is 27.7 Å². The van der Waals surface area contributed by atoms with E-state index >= 15 is 0 Å². The van der Waals surface area contributed by atoms with Gasteiger partial charge in [0.1, 0.15) is 6.61 Å². The summed E-state index contributed by atoms with van der Waals surface area (Å²) in [6.45, 7) is 11.5. The van der Waals surface area contributed by atoms with E-state index < -0.39 is 0 Å². The standard InChI is InChI=1S/C7H12O2.C5H11O/c1-3-5-7(8)9-6-4-2;1-5(2,3)4-6/h4H,2-3,5-6H2,1H3;4H2,1-3H3. The van der Waals surface area contributed by atoms with E-state index in [2.05, 4.69) is 11.3 Å². The highest BCUT2D eigenvalue weighted by molar-refractivity contribution is 5.69. The van der Waals surface area contributed by atoms with Gasteiger partial charge in [0.2, 0.25) is 0 Å². The number of ether oxygens (including phenoxy) is 1. The van der Waals surface area contributed by atoms with Crippen LogP contribution in [0.5, 0.6) is 0 Å². The van der Waals surface area contributed by atoms with Gasteiger partial charge in [-0.2, -0.15) is 0 Å². The lowest BCUT2D eigenvalue weighted by Gasteiger charge is -2.09. The molecule has 0 saturated carbocycles. The zero-order chi connectivity index (χ0) is 12.3. The van der Waals surface area contributed by atoms with E-state index in [1.165, 1.54) is 0 Å². The Balaban J connectivity index is 0. The second-order valence-corrected chi connectivity index (χ2v) is 4.43. The molecule has 0 fully saturated rings. The molecule has 0 saturated heterocycles. The molecule has 3 nitrogen and oxygen atoms in total. The number of hydrogen-bond acceptors (Lipinski definition) is 2. The average molecular weight is 215 g/mol. The molecule has 1 radical (unpaired) electrons.